The normalized spacial score (nSPS) is 13.6. The van der Waals surface area contributed by atoms with Crippen LogP contribution in [0.2, 0.25) is 5.02 Å². The first-order valence-corrected chi connectivity index (χ1v) is 15.5. The highest BCUT2D eigenvalue weighted by Crippen LogP contribution is 2.43. The Morgan fingerprint density at radius 1 is 0.900 bits per heavy atom. The number of halogens is 1. The van der Waals surface area contributed by atoms with E-state index in [1.54, 1.807) is 60.7 Å². The van der Waals surface area contributed by atoms with Gasteiger partial charge in [0, 0.05) is 27.5 Å². The highest BCUT2D eigenvalue weighted by Gasteiger charge is 2.36. The van der Waals surface area contributed by atoms with Crippen molar-refractivity contribution in [1.29, 1.82) is 0 Å². The van der Waals surface area contributed by atoms with E-state index in [2.05, 4.69) is 10.0 Å². The van der Waals surface area contributed by atoms with Crippen molar-refractivity contribution in [2.75, 3.05) is 27.5 Å². The summed E-state index contributed by atoms with van der Waals surface area (Å²) in [5.41, 5.74) is 2.11. The number of rotatable bonds is 8. The Balaban J connectivity index is 1.31. The van der Waals surface area contributed by atoms with Gasteiger partial charge in [-0.1, -0.05) is 29.8 Å². The molecule has 1 heterocycles. The Morgan fingerprint density at radius 3 is 2.27 bits per heavy atom. The molecule has 0 saturated carbocycles. The molecule has 0 spiro atoms. The number of amides is 1. The maximum absolute atomic E-state index is 13.4. The molecular weight excluding hydrogens is 574 g/mol. The number of nitrogens with one attached hydrogen (secondary N) is 2. The molecule has 12 heteroatoms. The second-order valence-electron chi connectivity index (χ2n) is 8.80. The van der Waals surface area contributed by atoms with Gasteiger partial charge in [0.2, 0.25) is 5.91 Å². The van der Waals surface area contributed by atoms with Gasteiger partial charge >= 0.3 is 0 Å². The van der Waals surface area contributed by atoms with Crippen LogP contribution in [0.15, 0.2) is 101 Å². The molecule has 0 atom stereocenters. The smallest absolute Gasteiger partial charge is 0.265 e. The number of carbonyl (C=O) groups excluding carboxylic acids is 1. The monoisotopic (exact) mass is 597 g/mol. The Morgan fingerprint density at radius 2 is 1.57 bits per heavy atom. The van der Waals surface area contributed by atoms with Gasteiger partial charge in [-0.2, -0.15) is 0 Å². The molecule has 1 amide bonds. The minimum absolute atomic E-state index is 0.0135. The fourth-order valence-corrected chi connectivity index (χ4v) is 7.20. The van der Waals surface area contributed by atoms with Crippen LogP contribution in [0.25, 0.3) is 11.1 Å². The first-order chi connectivity index (χ1) is 19.1. The van der Waals surface area contributed by atoms with Crippen LogP contribution >= 0.6 is 11.6 Å². The lowest BCUT2D eigenvalue weighted by atomic mass is 10.0. The van der Waals surface area contributed by atoms with Crippen molar-refractivity contribution >= 4 is 54.6 Å². The van der Waals surface area contributed by atoms with Gasteiger partial charge in [0.1, 0.15) is 12.3 Å². The van der Waals surface area contributed by atoms with E-state index in [0.717, 1.165) is 4.31 Å². The van der Waals surface area contributed by atoms with E-state index >= 15 is 0 Å². The summed E-state index contributed by atoms with van der Waals surface area (Å²) in [5.74, 6) is 0.0198. The van der Waals surface area contributed by atoms with Gasteiger partial charge in [-0.3, -0.25) is 13.8 Å². The topological polar surface area (TPSA) is 122 Å². The third-order valence-corrected chi connectivity index (χ3v) is 9.58. The number of sulfonamides is 2. The zero-order valence-corrected chi connectivity index (χ0v) is 23.6. The summed E-state index contributed by atoms with van der Waals surface area (Å²) in [6, 6.07) is 23.4. The average Bonchev–Trinajstić information content (AvgIpc) is 2.93. The Bertz CT molecular complexity index is 1790. The number of ether oxygens (including phenoxy) is 1. The predicted molar refractivity (Wildman–Crippen MR) is 155 cm³/mol. The molecule has 2 N–H and O–H groups in total. The molecule has 206 valence electrons. The molecule has 40 heavy (non-hydrogen) atoms. The van der Waals surface area contributed by atoms with Crippen molar-refractivity contribution < 1.29 is 26.4 Å². The molecule has 5 rings (SSSR count). The molecule has 0 radical (unpaired) electrons. The maximum atomic E-state index is 13.4. The van der Waals surface area contributed by atoms with Crippen LogP contribution in [0.4, 0.5) is 17.1 Å². The minimum atomic E-state index is -4.02. The Kier molecular flexibility index (Phi) is 7.45. The highest BCUT2D eigenvalue weighted by molar-refractivity contribution is 7.93. The highest BCUT2D eigenvalue weighted by atomic mass is 35.5. The van der Waals surface area contributed by atoms with Crippen molar-refractivity contribution in [3.8, 4) is 16.9 Å². The molecule has 0 fully saturated rings. The van der Waals surface area contributed by atoms with Gasteiger partial charge in [0.25, 0.3) is 20.0 Å². The summed E-state index contributed by atoms with van der Waals surface area (Å²) < 4.78 is 61.4. The molecule has 1 aliphatic heterocycles. The summed E-state index contributed by atoms with van der Waals surface area (Å²) in [5, 5.41) is 3.07. The predicted octanol–water partition coefficient (Wildman–Crippen LogP) is 5.35. The molecular formula is C28H24ClN3O6S2. The third-order valence-electron chi connectivity index (χ3n) is 6.13. The standard InChI is InChI=1S/C28H24ClN3O6S2/c1-2-38-22-12-8-21(9-13-22)31-39(34,35)23-14-10-20(11-15-23)30-28(33)18-32-26-16-7-19(29)17-25(26)24-5-3-4-6-27(24)40(32,36)37/h3-17,31H,2,18H2,1H3,(H,30,33). The average molecular weight is 598 g/mol. The lowest BCUT2D eigenvalue weighted by molar-refractivity contribution is -0.114. The summed E-state index contributed by atoms with van der Waals surface area (Å²) in [7, 11) is -7.91. The lowest BCUT2D eigenvalue weighted by Crippen LogP contribution is -2.40. The number of carbonyl (C=O) groups is 1. The second kappa shape index (κ2) is 10.8. The van der Waals surface area contributed by atoms with Crippen LogP contribution in [0.1, 0.15) is 6.92 Å². The summed E-state index contributed by atoms with van der Waals surface area (Å²) in [6.45, 7) is 1.86. The van der Waals surface area contributed by atoms with Gasteiger partial charge in [-0.15, -0.1) is 0 Å². The molecule has 0 bridgehead atoms. The van der Waals surface area contributed by atoms with Crippen molar-refractivity contribution in [2.45, 2.75) is 16.7 Å². The van der Waals surface area contributed by atoms with Gasteiger partial charge in [0.05, 0.1) is 22.1 Å². The van der Waals surface area contributed by atoms with Gasteiger partial charge in [0.15, 0.2) is 0 Å². The van der Waals surface area contributed by atoms with Crippen molar-refractivity contribution in [2.24, 2.45) is 0 Å². The number of benzene rings is 4. The molecule has 4 aromatic rings. The maximum Gasteiger partial charge on any atom is 0.265 e. The zero-order valence-electron chi connectivity index (χ0n) is 21.2. The van der Waals surface area contributed by atoms with Gasteiger partial charge < -0.3 is 10.1 Å². The van der Waals surface area contributed by atoms with Crippen LogP contribution in [0.5, 0.6) is 5.75 Å². The third kappa shape index (κ3) is 5.48. The molecule has 9 nitrogen and oxygen atoms in total. The first kappa shape index (κ1) is 27.5. The van der Waals surface area contributed by atoms with E-state index in [9.17, 15) is 21.6 Å². The fourth-order valence-electron chi connectivity index (χ4n) is 4.32. The van der Waals surface area contributed by atoms with Gasteiger partial charge in [-0.05, 0) is 79.7 Å². The molecule has 0 aromatic heterocycles. The van der Waals surface area contributed by atoms with Crippen molar-refractivity contribution in [1.82, 2.24) is 0 Å². The van der Waals surface area contributed by atoms with Gasteiger partial charge in [-0.25, -0.2) is 16.8 Å². The number of nitrogens with zero attached hydrogens (tertiary/aromatic N) is 1. The van der Waals surface area contributed by atoms with E-state index < -0.39 is 32.5 Å². The van der Waals surface area contributed by atoms with Crippen LogP contribution in [-0.4, -0.2) is 35.9 Å². The van der Waals surface area contributed by atoms with E-state index in [0.29, 0.717) is 45.6 Å². The molecule has 4 aromatic carbocycles. The van der Waals surface area contributed by atoms with E-state index in [1.807, 2.05) is 6.92 Å². The van der Waals surface area contributed by atoms with Crippen LogP contribution in [0, 0.1) is 0 Å². The molecule has 0 saturated heterocycles. The Hall–Kier alpha value is -4.06. The van der Waals surface area contributed by atoms with Crippen molar-refractivity contribution in [3.63, 3.8) is 0 Å². The van der Waals surface area contributed by atoms with Crippen LogP contribution in [-0.2, 0) is 24.8 Å². The van der Waals surface area contributed by atoms with E-state index in [4.69, 9.17) is 16.3 Å². The second-order valence-corrected chi connectivity index (χ2v) is 12.8. The van der Waals surface area contributed by atoms with Crippen LogP contribution in [0.3, 0.4) is 0 Å². The lowest BCUT2D eigenvalue weighted by Gasteiger charge is -2.31. The van der Waals surface area contributed by atoms with Crippen LogP contribution < -0.4 is 19.1 Å². The van der Waals surface area contributed by atoms with E-state index in [1.165, 1.54) is 30.3 Å². The first-order valence-electron chi connectivity index (χ1n) is 12.2. The Labute approximate surface area is 237 Å². The summed E-state index contributed by atoms with van der Waals surface area (Å²) >= 11 is 6.18. The fraction of sp³-hybridized carbons (Fsp3) is 0.107. The molecule has 0 unspecified atom stereocenters. The number of anilines is 3. The zero-order chi connectivity index (χ0) is 28.5. The number of fused-ring (bicyclic) bond motifs is 3. The number of hydrogen-bond acceptors (Lipinski definition) is 6. The van der Waals surface area contributed by atoms with E-state index in [-0.39, 0.29) is 9.79 Å². The van der Waals surface area contributed by atoms with Crippen molar-refractivity contribution in [3.05, 3.63) is 96.0 Å². The SMILES string of the molecule is CCOc1ccc(NS(=O)(=O)c2ccc(NC(=O)CN3c4ccc(Cl)cc4-c4ccccc4S3(=O)=O)cc2)cc1. The summed E-state index contributed by atoms with van der Waals surface area (Å²) in [6.07, 6.45) is 0. The molecule has 1 aliphatic rings. The number of hydrogen-bond donors (Lipinski definition) is 2. The molecule has 0 aliphatic carbocycles. The summed E-state index contributed by atoms with van der Waals surface area (Å²) in [4.78, 5) is 13.0. The quantitative estimate of drug-likeness (QED) is 0.282. The minimum Gasteiger partial charge on any atom is -0.494 e. The largest absolute Gasteiger partial charge is 0.494 e.